The van der Waals surface area contributed by atoms with Crippen LogP contribution in [0.2, 0.25) is 0 Å². The highest BCUT2D eigenvalue weighted by Gasteiger charge is 2.11. The second-order valence-electron chi connectivity index (χ2n) is 3.54. The molecule has 0 N–H and O–H groups in total. The summed E-state index contributed by atoms with van der Waals surface area (Å²) in [7, 11) is 0. The summed E-state index contributed by atoms with van der Waals surface area (Å²) in [6, 6.07) is 10.4. The van der Waals surface area contributed by atoms with Crippen LogP contribution in [0.4, 0.5) is 4.79 Å². The number of halogens is 1. The van der Waals surface area contributed by atoms with Gasteiger partial charge in [0, 0.05) is 17.7 Å². The lowest BCUT2D eigenvalue weighted by atomic mass is 10.2. The van der Waals surface area contributed by atoms with Crippen LogP contribution in [-0.4, -0.2) is 15.2 Å². The minimum atomic E-state index is -0.937. The zero-order valence-corrected chi connectivity index (χ0v) is 10.2. The number of aryl methyl sites for hydroxylation is 1. The van der Waals surface area contributed by atoms with E-state index in [0.29, 0.717) is 16.9 Å². The van der Waals surface area contributed by atoms with Crippen molar-refractivity contribution < 1.29 is 9.53 Å². The monoisotopic (exact) mass is 261 g/mol. The number of carbonyl (C=O) groups is 1. The van der Waals surface area contributed by atoms with Crippen molar-refractivity contribution in [1.82, 2.24) is 9.78 Å². The lowest BCUT2D eigenvalue weighted by Crippen LogP contribution is -2.04. The molecule has 0 radical (unpaired) electrons. The summed E-state index contributed by atoms with van der Waals surface area (Å²) < 4.78 is 6.25. The standard InChI is InChI=1S/C12H8ClN3O2/c1-8-5-11(18-12(13)17)16(15-8)10-4-2-3-9(6-10)7-14/h2-6H,1H3. The van der Waals surface area contributed by atoms with E-state index in [4.69, 9.17) is 21.6 Å². The third-order valence-electron chi connectivity index (χ3n) is 2.20. The van der Waals surface area contributed by atoms with E-state index in [1.165, 1.54) is 4.68 Å². The Balaban J connectivity index is 2.49. The fourth-order valence-electron chi connectivity index (χ4n) is 1.52. The highest BCUT2D eigenvalue weighted by molar-refractivity contribution is 6.61. The molecule has 6 heteroatoms. The molecule has 2 rings (SSSR count). The van der Waals surface area contributed by atoms with Crippen LogP contribution in [-0.2, 0) is 0 Å². The first-order chi connectivity index (χ1) is 8.60. The van der Waals surface area contributed by atoms with Crippen LogP contribution in [0.3, 0.4) is 0 Å². The van der Waals surface area contributed by atoms with Gasteiger partial charge in [-0.1, -0.05) is 6.07 Å². The van der Waals surface area contributed by atoms with Crippen molar-refractivity contribution in [2.24, 2.45) is 0 Å². The third kappa shape index (κ3) is 2.50. The van der Waals surface area contributed by atoms with E-state index in [1.54, 1.807) is 37.3 Å². The molecule has 0 atom stereocenters. The smallest absolute Gasteiger partial charge is 0.395 e. The highest BCUT2D eigenvalue weighted by Crippen LogP contribution is 2.20. The average molecular weight is 262 g/mol. The first-order valence-corrected chi connectivity index (χ1v) is 5.42. The van der Waals surface area contributed by atoms with Crippen molar-refractivity contribution >= 4 is 17.0 Å². The molecule has 0 aliphatic carbocycles. The van der Waals surface area contributed by atoms with Crippen molar-refractivity contribution in [2.75, 3.05) is 0 Å². The van der Waals surface area contributed by atoms with E-state index in [1.807, 2.05) is 6.07 Å². The number of hydrogen-bond donors (Lipinski definition) is 0. The van der Waals surface area contributed by atoms with Crippen molar-refractivity contribution in [3.63, 3.8) is 0 Å². The zero-order chi connectivity index (χ0) is 13.1. The summed E-state index contributed by atoms with van der Waals surface area (Å²) in [4.78, 5) is 10.8. The van der Waals surface area contributed by atoms with Crippen LogP contribution in [0, 0.1) is 18.3 Å². The molecule has 0 aliphatic rings. The lowest BCUT2D eigenvalue weighted by Gasteiger charge is -2.05. The van der Waals surface area contributed by atoms with Gasteiger partial charge in [-0.25, -0.2) is 9.48 Å². The molecular weight excluding hydrogens is 254 g/mol. The molecule has 1 heterocycles. The van der Waals surface area contributed by atoms with E-state index in [0.717, 1.165) is 0 Å². The van der Waals surface area contributed by atoms with Crippen molar-refractivity contribution in [2.45, 2.75) is 6.92 Å². The Morgan fingerprint density at radius 3 is 2.94 bits per heavy atom. The minimum Gasteiger partial charge on any atom is -0.395 e. The topological polar surface area (TPSA) is 67.9 Å². The number of nitriles is 1. The molecule has 0 saturated carbocycles. The van der Waals surface area contributed by atoms with Crippen LogP contribution in [0.25, 0.3) is 5.69 Å². The first kappa shape index (κ1) is 12.1. The van der Waals surface area contributed by atoms with Gasteiger partial charge >= 0.3 is 5.43 Å². The Labute approximate surface area is 108 Å². The van der Waals surface area contributed by atoms with E-state index in [-0.39, 0.29) is 5.88 Å². The van der Waals surface area contributed by atoms with Crippen molar-refractivity contribution in [3.8, 4) is 17.6 Å². The molecule has 0 bridgehead atoms. The number of carbonyl (C=O) groups excluding carboxylic acids is 1. The maximum absolute atomic E-state index is 10.8. The van der Waals surface area contributed by atoms with E-state index >= 15 is 0 Å². The maximum atomic E-state index is 10.8. The fourth-order valence-corrected chi connectivity index (χ4v) is 1.60. The van der Waals surface area contributed by atoms with Gasteiger partial charge in [0.25, 0.3) is 0 Å². The summed E-state index contributed by atoms with van der Waals surface area (Å²) in [6.45, 7) is 1.76. The maximum Gasteiger partial charge on any atom is 0.410 e. The van der Waals surface area contributed by atoms with Gasteiger partial charge in [0.1, 0.15) is 0 Å². The van der Waals surface area contributed by atoms with E-state index < -0.39 is 5.43 Å². The van der Waals surface area contributed by atoms with Crippen LogP contribution < -0.4 is 4.74 Å². The second kappa shape index (κ2) is 4.90. The van der Waals surface area contributed by atoms with Crippen molar-refractivity contribution in [3.05, 3.63) is 41.6 Å². The van der Waals surface area contributed by atoms with Gasteiger partial charge < -0.3 is 4.74 Å². The molecule has 5 nitrogen and oxygen atoms in total. The number of hydrogen-bond acceptors (Lipinski definition) is 4. The first-order valence-electron chi connectivity index (χ1n) is 5.04. The van der Waals surface area contributed by atoms with E-state index in [2.05, 4.69) is 5.10 Å². The Kier molecular flexibility index (Phi) is 3.31. The van der Waals surface area contributed by atoms with Crippen LogP contribution in [0.1, 0.15) is 11.3 Å². The molecule has 1 aromatic carbocycles. The van der Waals surface area contributed by atoms with Crippen LogP contribution in [0.15, 0.2) is 30.3 Å². The number of ether oxygens (including phenoxy) is 1. The molecule has 1 aromatic heterocycles. The van der Waals surface area contributed by atoms with Crippen LogP contribution in [0.5, 0.6) is 5.88 Å². The number of nitrogens with zero attached hydrogens (tertiary/aromatic N) is 3. The zero-order valence-electron chi connectivity index (χ0n) is 9.42. The normalized spacial score (nSPS) is 9.83. The molecule has 0 spiro atoms. The molecular formula is C12H8ClN3O2. The highest BCUT2D eigenvalue weighted by atomic mass is 35.5. The Hall–Kier alpha value is -2.32. The van der Waals surface area contributed by atoms with Crippen molar-refractivity contribution in [1.29, 1.82) is 5.26 Å². The predicted octanol–water partition coefficient (Wildman–Crippen LogP) is 2.79. The average Bonchev–Trinajstić information content (AvgIpc) is 2.69. The molecule has 18 heavy (non-hydrogen) atoms. The number of rotatable bonds is 2. The molecule has 2 aromatic rings. The third-order valence-corrected chi connectivity index (χ3v) is 2.28. The van der Waals surface area contributed by atoms with Gasteiger partial charge in [-0.05, 0) is 25.1 Å². The Morgan fingerprint density at radius 2 is 2.28 bits per heavy atom. The molecule has 0 saturated heterocycles. The van der Waals surface area contributed by atoms with Gasteiger partial charge in [0.15, 0.2) is 0 Å². The quantitative estimate of drug-likeness (QED) is 0.780. The Bertz CT molecular complexity index is 643. The fraction of sp³-hybridized carbons (Fsp3) is 0.0833. The number of aromatic nitrogens is 2. The van der Waals surface area contributed by atoms with Gasteiger partial charge in [0.05, 0.1) is 23.0 Å². The second-order valence-corrected chi connectivity index (χ2v) is 3.85. The summed E-state index contributed by atoms with van der Waals surface area (Å²) in [5.74, 6) is 0.211. The molecule has 0 unspecified atom stereocenters. The Morgan fingerprint density at radius 1 is 1.50 bits per heavy atom. The largest absolute Gasteiger partial charge is 0.410 e. The lowest BCUT2D eigenvalue weighted by molar-refractivity contribution is 0.222. The molecule has 0 fully saturated rings. The van der Waals surface area contributed by atoms with Gasteiger partial charge in [-0.3, -0.25) is 0 Å². The molecule has 0 aliphatic heterocycles. The van der Waals surface area contributed by atoms with E-state index in [9.17, 15) is 4.79 Å². The summed E-state index contributed by atoms with van der Waals surface area (Å²) in [5.41, 5.74) is 0.844. The molecule has 0 amide bonds. The van der Waals surface area contributed by atoms with Gasteiger partial charge in [-0.2, -0.15) is 10.4 Å². The minimum absolute atomic E-state index is 0.211. The molecule has 90 valence electrons. The number of benzene rings is 1. The predicted molar refractivity (Wildman–Crippen MR) is 64.9 cm³/mol. The van der Waals surface area contributed by atoms with Crippen LogP contribution >= 0.6 is 11.6 Å². The summed E-state index contributed by atoms with van der Waals surface area (Å²) >= 11 is 5.18. The SMILES string of the molecule is Cc1cc(OC(=O)Cl)n(-c2cccc(C#N)c2)n1. The summed E-state index contributed by atoms with van der Waals surface area (Å²) in [6.07, 6.45) is 0. The van der Waals surface area contributed by atoms with Gasteiger partial charge in [0.2, 0.25) is 5.88 Å². The van der Waals surface area contributed by atoms with Gasteiger partial charge in [-0.15, -0.1) is 0 Å². The summed E-state index contributed by atoms with van der Waals surface area (Å²) in [5, 5.41) is 13.0.